The van der Waals surface area contributed by atoms with Gasteiger partial charge in [-0.1, -0.05) is 26.0 Å². The maximum Gasteiger partial charge on any atom is 0.335 e. The van der Waals surface area contributed by atoms with Crippen LogP contribution < -0.4 is 14.2 Å². The second-order valence-electron chi connectivity index (χ2n) is 11.5. The molecule has 0 aliphatic carbocycles. The third-order valence-electron chi connectivity index (χ3n) is 8.09. The summed E-state index contributed by atoms with van der Waals surface area (Å²) in [5.74, 6) is -3.11. The zero-order chi connectivity index (χ0) is 35.2. The van der Waals surface area contributed by atoms with E-state index in [9.17, 15) is 50.4 Å². The number of aliphatic hydroxyl groups is 6. The van der Waals surface area contributed by atoms with E-state index in [2.05, 4.69) is 4.74 Å². The highest BCUT2D eigenvalue weighted by Crippen LogP contribution is 2.34. The average molecular weight is 671 g/mol. The summed E-state index contributed by atoms with van der Waals surface area (Å²) in [5.41, 5.74) is 1.59. The first-order chi connectivity index (χ1) is 22.1. The van der Waals surface area contributed by atoms with Crippen LogP contribution in [0.25, 0.3) is 0 Å². The van der Waals surface area contributed by atoms with Gasteiger partial charge in [0.05, 0.1) is 7.11 Å². The summed E-state index contributed by atoms with van der Waals surface area (Å²) in [6.07, 6.45) is -15.7. The molecule has 47 heavy (non-hydrogen) atoms. The summed E-state index contributed by atoms with van der Waals surface area (Å²) >= 11 is 0. The molecular formula is C31H42O16. The number of aromatic hydroxyl groups is 1. The van der Waals surface area contributed by atoms with Crippen molar-refractivity contribution in [1.82, 2.24) is 0 Å². The van der Waals surface area contributed by atoms with Crippen LogP contribution in [0.4, 0.5) is 0 Å². The van der Waals surface area contributed by atoms with Gasteiger partial charge in [-0.15, -0.1) is 0 Å². The van der Waals surface area contributed by atoms with Gasteiger partial charge in [0.25, 0.3) is 0 Å². The molecule has 1 fully saturated rings. The van der Waals surface area contributed by atoms with Crippen LogP contribution in [0.15, 0.2) is 36.4 Å². The van der Waals surface area contributed by atoms with Gasteiger partial charge in [-0.3, -0.25) is 0 Å². The van der Waals surface area contributed by atoms with Gasteiger partial charge in [0.1, 0.15) is 30.5 Å². The topological polar surface area (TPSA) is 262 Å². The van der Waals surface area contributed by atoms with E-state index in [-0.39, 0.29) is 34.8 Å². The Balaban J connectivity index is 1.61. The number of benzene rings is 2. The minimum atomic E-state index is -2.01. The molecule has 11 atom stereocenters. The quantitative estimate of drug-likeness (QED) is 0.0995. The first-order valence-electron chi connectivity index (χ1n) is 14.6. The molecule has 16 heteroatoms. The molecule has 2 aromatic carbocycles. The van der Waals surface area contributed by atoms with Crippen molar-refractivity contribution in [3.8, 4) is 23.0 Å². The minimum absolute atomic E-state index is 0.0353. The monoisotopic (exact) mass is 670 g/mol. The number of carboxylic acids is 2. The van der Waals surface area contributed by atoms with Gasteiger partial charge in [0.15, 0.2) is 35.2 Å². The molecule has 2 aromatic rings. The molecule has 0 aromatic heterocycles. The third kappa shape index (κ3) is 9.21. The highest BCUT2D eigenvalue weighted by atomic mass is 16.7. The lowest BCUT2D eigenvalue weighted by molar-refractivity contribution is -0.271. The molecule has 0 saturated carbocycles. The number of aliphatic carboxylic acids is 2. The first-order valence-corrected chi connectivity index (χ1v) is 14.6. The van der Waals surface area contributed by atoms with Gasteiger partial charge in [-0.25, -0.2) is 9.59 Å². The van der Waals surface area contributed by atoms with E-state index in [0.29, 0.717) is 12.8 Å². The largest absolute Gasteiger partial charge is 0.504 e. The number of hydrogen-bond acceptors (Lipinski definition) is 14. The summed E-state index contributed by atoms with van der Waals surface area (Å²) in [6, 6.07) is 9.43. The van der Waals surface area contributed by atoms with Crippen LogP contribution in [0, 0.1) is 11.8 Å². The van der Waals surface area contributed by atoms with Crippen molar-refractivity contribution >= 4 is 11.9 Å². The van der Waals surface area contributed by atoms with Gasteiger partial charge >= 0.3 is 11.9 Å². The van der Waals surface area contributed by atoms with E-state index in [1.54, 1.807) is 18.2 Å². The van der Waals surface area contributed by atoms with Gasteiger partial charge < -0.3 is 69.6 Å². The third-order valence-corrected chi connectivity index (χ3v) is 8.09. The van der Waals surface area contributed by atoms with E-state index < -0.39 is 67.2 Å². The highest BCUT2D eigenvalue weighted by molar-refractivity contribution is 5.73. The second-order valence-corrected chi connectivity index (χ2v) is 11.5. The smallest absolute Gasteiger partial charge is 0.335 e. The molecule has 0 radical (unpaired) electrons. The molecule has 1 aliphatic heterocycles. The van der Waals surface area contributed by atoms with Gasteiger partial charge in [0, 0.05) is 7.11 Å². The summed E-state index contributed by atoms with van der Waals surface area (Å²) in [7, 11) is 2.40. The number of rotatable bonds is 16. The lowest BCUT2D eigenvalue weighted by Crippen LogP contribution is -2.61. The standard InChI is InChI=1S/C31H42O16/c1-13(9-15-5-7-18(17(32)11-15)46-31-25(37)21(33)22(34)27(47-31)29(40)41)14(2)10-16-6-8-19(20(12-16)43-3)45-30(42)24(36)23(35)26(44-4)28(38)39/h5-8,11-14,21-27,30-37,42H,9-10H2,1-4H3,(H,38,39)(H,40,41)/t13-,14+,21-,22-,23-,24-,25+,26-,27-,30-,31+/m0/s1. The maximum absolute atomic E-state index is 11.3. The van der Waals surface area contributed by atoms with Crippen LogP contribution in [-0.4, -0.2) is 127 Å². The van der Waals surface area contributed by atoms with Crippen LogP contribution in [0.5, 0.6) is 23.0 Å². The summed E-state index contributed by atoms with van der Waals surface area (Å²) in [5, 5.41) is 89.4. The Morgan fingerprint density at radius 3 is 1.89 bits per heavy atom. The molecule has 0 unspecified atom stereocenters. The van der Waals surface area contributed by atoms with Crippen molar-refractivity contribution in [2.24, 2.45) is 11.8 Å². The molecule has 16 nitrogen and oxygen atoms in total. The Morgan fingerprint density at radius 2 is 1.38 bits per heavy atom. The van der Waals surface area contributed by atoms with Crippen LogP contribution in [0.3, 0.4) is 0 Å². The average Bonchev–Trinajstić information content (AvgIpc) is 3.02. The molecule has 1 heterocycles. The van der Waals surface area contributed by atoms with E-state index in [1.807, 2.05) is 13.8 Å². The number of hydrogen-bond donors (Lipinski definition) is 9. The Hall–Kier alpha value is -3.74. The number of phenols is 1. The number of methoxy groups -OCH3 is 2. The number of phenolic OH excluding ortho intramolecular Hbond substituents is 1. The molecule has 0 bridgehead atoms. The SMILES string of the molecule is COc1cc(C[C@@H](C)[C@@H](C)Cc2ccc(O[C@@H]3O[C@H](C(=O)O)[C@@H](O)[C@H](O)[C@H]3O)c(O)c2)ccc1O[C@H](O)[C@@H](O)[C@H](O)[C@H](OC)C(=O)O. The van der Waals surface area contributed by atoms with Crippen molar-refractivity contribution in [2.75, 3.05) is 14.2 Å². The highest BCUT2D eigenvalue weighted by Gasteiger charge is 2.48. The predicted octanol–water partition coefficient (Wildman–Crippen LogP) is -0.752. The summed E-state index contributed by atoms with van der Waals surface area (Å²) < 4.78 is 25.9. The van der Waals surface area contributed by atoms with E-state index in [4.69, 9.17) is 24.1 Å². The van der Waals surface area contributed by atoms with E-state index >= 15 is 0 Å². The Morgan fingerprint density at radius 1 is 0.809 bits per heavy atom. The maximum atomic E-state index is 11.3. The zero-order valence-corrected chi connectivity index (χ0v) is 26.1. The number of aliphatic hydroxyl groups excluding tert-OH is 6. The molecule has 262 valence electrons. The molecule has 9 N–H and O–H groups in total. The fourth-order valence-corrected chi connectivity index (χ4v) is 5.08. The van der Waals surface area contributed by atoms with Crippen molar-refractivity contribution in [1.29, 1.82) is 0 Å². The normalized spacial score (nSPS) is 25.1. The van der Waals surface area contributed by atoms with Crippen LogP contribution in [0.2, 0.25) is 0 Å². The van der Waals surface area contributed by atoms with Crippen LogP contribution in [-0.2, 0) is 31.9 Å². The Labute approximate surface area is 269 Å². The zero-order valence-electron chi connectivity index (χ0n) is 26.1. The van der Waals surface area contributed by atoms with Crippen LogP contribution >= 0.6 is 0 Å². The Bertz CT molecular complexity index is 1350. The summed E-state index contributed by atoms with van der Waals surface area (Å²) in [4.78, 5) is 22.5. The van der Waals surface area contributed by atoms with Crippen LogP contribution in [0.1, 0.15) is 25.0 Å². The van der Waals surface area contributed by atoms with Crippen molar-refractivity contribution in [3.05, 3.63) is 47.5 Å². The lowest BCUT2D eigenvalue weighted by Gasteiger charge is -2.38. The predicted molar refractivity (Wildman–Crippen MR) is 159 cm³/mol. The van der Waals surface area contributed by atoms with Gasteiger partial charge in [-0.05, 0) is 60.1 Å². The molecule has 0 amide bonds. The lowest BCUT2D eigenvalue weighted by atomic mass is 9.85. The minimum Gasteiger partial charge on any atom is -0.504 e. The number of carboxylic acid groups (broad SMARTS) is 2. The van der Waals surface area contributed by atoms with Gasteiger partial charge in [0.2, 0.25) is 12.6 Å². The molecule has 1 aliphatic rings. The van der Waals surface area contributed by atoms with Gasteiger partial charge in [-0.2, -0.15) is 0 Å². The Kier molecular flexibility index (Phi) is 13.1. The van der Waals surface area contributed by atoms with Crippen molar-refractivity contribution in [3.63, 3.8) is 0 Å². The van der Waals surface area contributed by atoms with Crippen molar-refractivity contribution in [2.45, 2.75) is 82.0 Å². The van der Waals surface area contributed by atoms with E-state index in [1.165, 1.54) is 25.3 Å². The number of carbonyl (C=O) groups is 2. The molecule has 3 rings (SSSR count). The fourth-order valence-electron chi connectivity index (χ4n) is 5.08. The van der Waals surface area contributed by atoms with Crippen molar-refractivity contribution < 1.29 is 79.2 Å². The molecule has 1 saturated heterocycles. The number of ether oxygens (including phenoxy) is 5. The second kappa shape index (κ2) is 16.4. The summed E-state index contributed by atoms with van der Waals surface area (Å²) in [6.45, 7) is 4.04. The molecule has 0 spiro atoms. The molecular weight excluding hydrogens is 628 g/mol. The first kappa shape index (κ1) is 37.7. The fraction of sp³-hybridized carbons (Fsp3) is 0.548. The van der Waals surface area contributed by atoms with E-state index in [0.717, 1.165) is 18.2 Å².